The Morgan fingerprint density at radius 3 is 2.85 bits per heavy atom. The Morgan fingerprint density at radius 2 is 2.20 bits per heavy atom. The van der Waals surface area contributed by atoms with Crippen molar-refractivity contribution in [3.8, 4) is 0 Å². The molecule has 2 rings (SSSR count). The Kier molecular flexibility index (Phi) is 4.66. The van der Waals surface area contributed by atoms with Crippen molar-refractivity contribution < 1.29 is 4.74 Å². The fraction of sp³-hybridized carbons (Fsp3) is 0.688. The molecule has 1 aromatic heterocycles. The number of nitrogens with zero attached hydrogens (tertiary/aromatic N) is 2. The van der Waals surface area contributed by atoms with Crippen molar-refractivity contribution in [2.75, 3.05) is 18.0 Å². The topological polar surface area (TPSA) is 37.4 Å². The molecular weight excluding hydrogens is 250 g/mol. The molecule has 0 spiro atoms. The molecule has 1 N–H and O–H groups in total. The number of nitrogens with one attached hydrogen (secondary N) is 1. The Balaban J connectivity index is 2.10. The minimum atomic E-state index is -0.120. The van der Waals surface area contributed by atoms with Gasteiger partial charge in [-0.2, -0.15) is 0 Å². The second-order valence-corrected chi connectivity index (χ2v) is 6.59. The van der Waals surface area contributed by atoms with Crippen LogP contribution in [0.4, 0.5) is 5.82 Å². The van der Waals surface area contributed by atoms with Crippen molar-refractivity contribution in [1.82, 2.24) is 10.3 Å². The molecule has 4 heteroatoms. The van der Waals surface area contributed by atoms with Crippen LogP contribution >= 0.6 is 0 Å². The fourth-order valence-corrected chi connectivity index (χ4v) is 2.68. The molecule has 20 heavy (non-hydrogen) atoms. The first-order valence-corrected chi connectivity index (χ1v) is 7.48. The first-order valence-electron chi connectivity index (χ1n) is 7.48. The molecule has 0 saturated carbocycles. The molecule has 0 bridgehead atoms. The van der Waals surface area contributed by atoms with Gasteiger partial charge in [0.05, 0.1) is 17.4 Å². The monoisotopic (exact) mass is 277 g/mol. The number of ether oxygens (including phenoxy) is 1. The van der Waals surface area contributed by atoms with E-state index in [0.29, 0.717) is 6.04 Å². The van der Waals surface area contributed by atoms with E-state index in [4.69, 9.17) is 9.72 Å². The number of hydrogen-bond donors (Lipinski definition) is 1. The predicted octanol–water partition coefficient (Wildman–Crippen LogP) is 2.58. The highest BCUT2D eigenvalue weighted by Crippen LogP contribution is 2.24. The molecule has 1 aromatic rings. The van der Waals surface area contributed by atoms with Gasteiger partial charge < -0.3 is 15.0 Å². The Hall–Kier alpha value is -1.13. The number of hydrogen-bond acceptors (Lipinski definition) is 4. The summed E-state index contributed by atoms with van der Waals surface area (Å²) in [5.41, 5.74) is 0.971. The summed E-state index contributed by atoms with van der Waals surface area (Å²) in [7, 11) is 0. The van der Waals surface area contributed by atoms with E-state index in [0.717, 1.165) is 31.1 Å². The Labute approximate surface area is 122 Å². The molecular formula is C16H27N3O. The molecule has 0 aliphatic carbocycles. The molecule has 1 saturated heterocycles. The molecule has 0 amide bonds. The average molecular weight is 277 g/mol. The highest BCUT2D eigenvalue weighted by molar-refractivity contribution is 5.40. The van der Waals surface area contributed by atoms with Gasteiger partial charge in [-0.05, 0) is 32.9 Å². The van der Waals surface area contributed by atoms with Crippen molar-refractivity contribution in [2.45, 2.75) is 58.9 Å². The summed E-state index contributed by atoms with van der Waals surface area (Å²) in [6.07, 6.45) is 0.234. The standard InChI is InChI=1S/C16H27N3O/c1-12(2)17-9-14-7-6-8-15(18-14)19-10-13(3)20-16(4,5)11-19/h6-8,12-13,17H,9-11H2,1-5H3. The zero-order chi connectivity index (χ0) is 14.8. The van der Waals surface area contributed by atoms with E-state index in [1.165, 1.54) is 0 Å². The van der Waals surface area contributed by atoms with E-state index < -0.39 is 0 Å². The molecule has 4 nitrogen and oxygen atoms in total. The van der Waals surface area contributed by atoms with Gasteiger partial charge >= 0.3 is 0 Å². The predicted molar refractivity (Wildman–Crippen MR) is 83.1 cm³/mol. The Bertz CT molecular complexity index is 445. The fourth-order valence-electron chi connectivity index (χ4n) is 2.68. The van der Waals surface area contributed by atoms with Gasteiger partial charge in [0.1, 0.15) is 5.82 Å². The van der Waals surface area contributed by atoms with E-state index in [-0.39, 0.29) is 11.7 Å². The maximum Gasteiger partial charge on any atom is 0.129 e. The van der Waals surface area contributed by atoms with Gasteiger partial charge in [0.15, 0.2) is 0 Å². The largest absolute Gasteiger partial charge is 0.369 e. The van der Waals surface area contributed by atoms with Crippen LogP contribution in [-0.4, -0.2) is 35.8 Å². The van der Waals surface area contributed by atoms with Crippen LogP contribution in [0.1, 0.15) is 40.3 Å². The van der Waals surface area contributed by atoms with Crippen molar-refractivity contribution >= 4 is 5.82 Å². The van der Waals surface area contributed by atoms with Gasteiger partial charge in [0.25, 0.3) is 0 Å². The van der Waals surface area contributed by atoms with E-state index in [1.54, 1.807) is 0 Å². The zero-order valence-corrected chi connectivity index (χ0v) is 13.3. The van der Waals surface area contributed by atoms with Crippen LogP contribution in [0, 0.1) is 0 Å². The van der Waals surface area contributed by atoms with E-state index in [2.05, 4.69) is 63.0 Å². The van der Waals surface area contributed by atoms with Crippen LogP contribution in [0.25, 0.3) is 0 Å². The van der Waals surface area contributed by atoms with E-state index >= 15 is 0 Å². The van der Waals surface area contributed by atoms with Crippen LogP contribution < -0.4 is 10.2 Å². The quantitative estimate of drug-likeness (QED) is 0.918. The Morgan fingerprint density at radius 1 is 1.45 bits per heavy atom. The maximum absolute atomic E-state index is 5.95. The number of morpholine rings is 1. The normalized spacial score (nSPS) is 22.3. The van der Waals surface area contributed by atoms with Gasteiger partial charge in [0, 0.05) is 25.7 Å². The third-order valence-corrected chi connectivity index (χ3v) is 3.38. The van der Waals surface area contributed by atoms with Crippen LogP contribution in [0.2, 0.25) is 0 Å². The lowest BCUT2D eigenvalue weighted by Crippen LogP contribution is -2.52. The van der Waals surface area contributed by atoms with Gasteiger partial charge in [-0.25, -0.2) is 4.98 Å². The lowest BCUT2D eigenvalue weighted by Gasteiger charge is -2.42. The zero-order valence-electron chi connectivity index (χ0n) is 13.3. The highest BCUT2D eigenvalue weighted by Gasteiger charge is 2.31. The SMILES string of the molecule is CC(C)NCc1cccc(N2CC(C)OC(C)(C)C2)n1. The minimum absolute atomic E-state index is 0.120. The number of aromatic nitrogens is 1. The van der Waals surface area contributed by atoms with Gasteiger partial charge in [0.2, 0.25) is 0 Å². The number of rotatable bonds is 4. The summed E-state index contributed by atoms with van der Waals surface area (Å²) < 4.78 is 5.95. The molecule has 112 valence electrons. The smallest absolute Gasteiger partial charge is 0.129 e. The lowest BCUT2D eigenvalue weighted by molar-refractivity contribution is -0.0751. The number of pyridine rings is 1. The van der Waals surface area contributed by atoms with Crippen LogP contribution in [0.3, 0.4) is 0 Å². The second kappa shape index (κ2) is 6.10. The summed E-state index contributed by atoms with van der Waals surface area (Å²) in [4.78, 5) is 7.10. The summed E-state index contributed by atoms with van der Waals surface area (Å²) in [5.74, 6) is 1.05. The minimum Gasteiger partial charge on any atom is -0.369 e. The van der Waals surface area contributed by atoms with Crippen LogP contribution in [0.5, 0.6) is 0 Å². The van der Waals surface area contributed by atoms with Crippen molar-refractivity contribution in [3.05, 3.63) is 23.9 Å². The molecule has 1 atom stereocenters. The summed E-state index contributed by atoms with van der Waals surface area (Å²) >= 11 is 0. The second-order valence-electron chi connectivity index (χ2n) is 6.59. The van der Waals surface area contributed by atoms with Gasteiger partial charge in [-0.15, -0.1) is 0 Å². The molecule has 1 unspecified atom stereocenters. The molecule has 1 aliphatic rings. The van der Waals surface area contributed by atoms with Crippen LogP contribution in [0.15, 0.2) is 18.2 Å². The first-order chi connectivity index (χ1) is 9.35. The summed E-state index contributed by atoms with van der Waals surface area (Å²) in [5, 5.41) is 3.41. The van der Waals surface area contributed by atoms with Crippen LogP contribution in [-0.2, 0) is 11.3 Å². The summed E-state index contributed by atoms with van der Waals surface area (Å²) in [6.45, 7) is 13.3. The third kappa shape index (κ3) is 4.18. The maximum atomic E-state index is 5.95. The molecule has 1 aliphatic heterocycles. The first kappa shape index (κ1) is 15.3. The molecule has 0 aromatic carbocycles. The third-order valence-electron chi connectivity index (χ3n) is 3.38. The van der Waals surface area contributed by atoms with E-state index in [1.807, 2.05) is 0 Å². The molecule has 1 fully saturated rings. The van der Waals surface area contributed by atoms with E-state index in [9.17, 15) is 0 Å². The lowest BCUT2D eigenvalue weighted by atomic mass is 10.1. The molecule has 0 radical (unpaired) electrons. The van der Waals surface area contributed by atoms with Crippen molar-refractivity contribution in [1.29, 1.82) is 0 Å². The van der Waals surface area contributed by atoms with Crippen molar-refractivity contribution in [2.24, 2.45) is 0 Å². The highest BCUT2D eigenvalue weighted by atomic mass is 16.5. The number of anilines is 1. The van der Waals surface area contributed by atoms with Gasteiger partial charge in [-0.1, -0.05) is 19.9 Å². The summed E-state index contributed by atoms with van der Waals surface area (Å²) in [6, 6.07) is 6.73. The van der Waals surface area contributed by atoms with Gasteiger partial charge in [-0.3, -0.25) is 0 Å². The average Bonchev–Trinajstić information content (AvgIpc) is 2.34. The molecule has 2 heterocycles. The van der Waals surface area contributed by atoms with Crippen molar-refractivity contribution in [3.63, 3.8) is 0 Å².